The van der Waals surface area contributed by atoms with Crippen molar-refractivity contribution < 1.29 is 22.7 Å². The van der Waals surface area contributed by atoms with Crippen LogP contribution in [0.4, 0.5) is 0 Å². The summed E-state index contributed by atoms with van der Waals surface area (Å²) in [6, 6.07) is 11.0. The summed E-state index contributed by atoms with van der Waals surface area (Å²) in [6.45, 7) is 1.42. The van der Waals surface area contributed by atoms with Crippen LogP contribution in [0, 0.1) is 0 Å². The SMILES string of the molecule is COc1ccc(OC)c(CNS(=O)(=O)c2cccc(C(C)=O)c2)c1. The van der Waals surface area contributed by atoms with Crippen LogP contribution in [0.2, 0.25) is 0 Å². The number of methoxy groups -OCH3 is 2. The molecular formula is C17H19NO5S. The number of carbonyl (C=O) groups excluding carboxylic acids is 1. The number of hydrogen-bond donors (Lipinski definition) is 1. The standard InChI is InChI=1S/C17H19NO5S/c1-12(19)13-5-4-6-16(10-13)24(20,21)18-11-14-9-15(22-2)7-8-17(14)23-3/h4-10,18H,11H2,1-3H3. The third-order valence-corrected chi connectivity index (χ3v) is 4.89. The van der Waals surface area contributed by atoms with Gasteiger partial charge in [-0.05, 0) is 37.3 Å². The lowest BCUT2D eigenvalue weighted by Gasteiger charge is -2.12. The largest absolute Gasteiger partial charge is 0.497 e. The van der Waals surface area contributed by atoms with E-state index in [1.165, 1.54) is 39.3 Å². The van der Waals surface area contributed by atoms with Crippen molar-refractivity contribution in [1.82, 2.24) is 4.72 Å². The van der Waals surface area contributed by atoms with Crippen LogP contribution >= 0.6 is 0 Å². The van der Waals surface area contributed by atoms with E-state index in [2.05, 4.69) is 4.72 Å². The molecule has 0 heterocycles. The summed E-state index contributed by atoms with van der Waals surface area (Å²) < 4.78 is 37.8. The van der Waals surface area contributed by atoms with Crippen molar-refractivity contribution >= 4 is 15.8 Å². The molecule has 0 unspecified atom stereocenters. The monoisotopic (exact) mass is 349 g/mol. The van der Waals surface area contributed by atoms with E-state index in [0.717, 1.165) is 0 Å². The zero-order valence-corrected chi connectivity index (χ0v) is 14.5. The van der Waals surface area contributed by atoms with E-state index in [1.807, 2.05) is 0 Å². The van der Waals surface area contributed by atoms with Crippen molar-refractivity contribution in [1.29, 1.82) is 0 Å². The Morgan fingerprint density at radius 1 is 1.08 bits per heavy atom. The summed E-state index contributed by atoms with van der Waals surface area (Å²) in [5, 5.41) is 0. The van der Waals surface area contributed by atoms with Crippen molar-refractivity contribution in [3.05, 3.63) is 53.6 Å². The van der Waals surface area contributed by atoms with E-state index in [4.69, 9.17) is 9.47 Å². The third-order valence-electron chi connectivity index (χ3n) is 3.49. The van der Waals surface area contributed by atoms with E-state index in [9.17, 15) is 13.2 Å². The van der Waals surface area contributed by atoms with Gasteiger partial charge in [-0.25, -0.2) is 13.1 Å². The molecule has 0 aliphatic heterocycles. The molecule has 7 heteroatoms. The second-order valence-corrected chi connectivity index (χ2v) is 6.85. The minimum absolute atomic E-state index is 0.0347. The molecule has 0 aliphatic rings. The fourth-order valence-corrected chi connectivity index (χ4v) is 3.21. The maximum Gasteiger partial charge on any atom is 0.240 e. The maximum absolute atomic E-state index is 12.4. The van der Waals surface area contributed by atoms with E-state index in [1.54, 1.807) is 24.3 Å². The number of nitrogens with one attached hydrogen (secondary N) is 1. The van der Waals surface area contributed by atoms with Crippen LogP contribution in [-0.2, 0) is 16.6 Å². The third kappa shape index (κ3) is 4.12. The Kier molecular flexibility index (Phi) is 5.58. The Labute approximate surface area is 141 Å². The highest BCUT2D eigenvalue weighted by molar-refractivity contribution is 7.89. The van der Waals surface area contributed by atoms with Crippen LogP contribution in [0.3, 0.4) is 0 Å². The van der Waals surface area contributed by atoms with Gasteiger partial charge in [0, 0.05) is 17.7 Å². The van der Waals surface area contributed by atoms with Crippen LogP contribution in [0.25, 0.3) is 0 Å². The molecule has 0 spiro atoms. The lowest BCUT2D eigenvalue weighted by Crippen LogP contribution is -2.23. The smallest absolute Gasteiger partial charge is 0.240 e. The van der Waals surface area contributed by atoms with Crippen molar-refractivity contribution in [2.75, 3.05) is 14.2 Å². The minimum Gasteiger partial charge on any atom is -0.497 e. The number of hydrogen-bond acceptors (Lipinski definition) is 5. The van der Waals surface area contributed by atoms with Gasteiger partial charge in [0.2, 0.25) is 10.0 Å². The number of ketones is 1. The first kappa shape index (κ1) is 18.0. The van der Waals surface area contributed by atoms with Gasteiger partial charge in [0.05, 0.1) is 19.1 Å². The molecule has 0 bridgehead atoms. The van der Waals surface area contributed by atoms with E-state index in [-0.39, 0.29) is 17.2 Å². The van der Waals surface area contributed by atoms with Gasteiger partial charge in [0.25, 0.3) is 0 Å². The molecule has 0 aromatic heterocycles. The predicted octanol–water partition coefficient (Wildman–Crippen LogP) is 2.38. The molecule has 6 nitrogen and oxygen atoms in total. The molecule has 0 aliphatic carbocycles. The average molecular weight is 349 g/mol. The molecule has 2 aromatic rings. The second-order valence-electron chi connectivity index (χ2n) is 5.09. The molecule has 1 N–H and O–H groups in total. The number of ether oxygens (including phenoxy) is 2. The van der Waals surface area contributed by atoms with Gasteiger partial charge >= 0.3 is 0 Å². The lowest BCUT2D eigenvalue weighted by molar-refractivity contribution is 0.101. The summed E-state index contributed by atoms with van der Waals surface area (Å²) in [6.07, 6.45) is 0. The zero-order valence-electron chi connectivity index (χ0n) is 13.7. The Hall–Kier alpha value is -2.38. The van der Waals surface area contributed by atoms with Gasteiger partial charge in [-0.3, -0.25) is 4.79 Å². The van der Waals surface area contributed by atoms with Crippen molar-refractivity contribution in [2.24, 2.45) is 0 Å². The second kappa shape index (κ2) is 7.46. The summed E-state index contributed by atoms with van der Waals surface area (Å²) in [5.74, 6) is 0.959. The molecule has 0 amide bonds. The van der Waals surface area contributed by atoms with E-state index < -0.39 is 10.0 Å². The highest BCUT2D eigenvalue weighted by atomic mass is 32.2. The number of carbonyl (C=O) groups is 1. The fraction of sp³-hybridized carbons (Fsp3) is 0.235. The van der Waals surface area contributed by atoms with Crippen LogP contribution in [0.5, 0.6) is 11.5 Å². The predicted molar refractivity (Wildman–Crippen MR) is 90.0 cm³/mol. The number of rotatable bonds is 7. The lowest BCUT2D eigenvalue weighted by atomic mass is 10.2. The normalized spacial score (nSPS) is 11.1. The van der Waals surface area contributed by atoms with Gasteiger partial charge < -0.3 is 9.47 Å². The molecule has 0 saturated carbocycles. The van der Waals surface area contributed by atoms with Crippen LogP contribution in [0.15, 0.2) is 47.4 Å². The molecule has 2 rings (SSSR count). The van der Waals surface area contributed by atoms with E-state index in [0.29, 0.717) is 22.6 Å². The molecular weight excluding hydrogens is 330 g/mol. The topological polar surface area (TPSA) is 81.7 Å². The van der Waals surface area contributed by atoms with Crippen molar-refractivity contribution in [2.45, 2.75) is 18.4 Å². The molecule has 0 saturated heterocycles. The molecule has 128 valence electrons. The number of benzene rings is 2. The number of Topliss-reactive ketones (excluding diaryl/α,β-unsaturated/α-hetero) is 1. The summed E-state index contributed by atoms with van der Waals surface area (Å²) in [5.41, 5.74) is 0.986. The van der Waals surface area contributed by atoms with E-state index >= 15 is 0 Å². The maximum atomic E-state index is 12.4. The Morgan fingerprint density at radius 3 is 2.46 bits per heavy atom. The van der Waals surface area contributed by atoms with Gasteiger partial charge in [-0.15, -0.1) is 0 Å². The number of sulfonamides is 1. The summed E-state index contributed by atoms with van der Waals surface area (Å²) >= 11 is 0. The van der Waals surface area contributed by atoms with Crippen LogP contribution < -0.4 is 14.2 Å². The summed E-state index contributed by atoms with van der Waals surface area (Å²) in [7, 11) is -0.717. The van der Waals surface area contributed by atoms with Gasteiger partial charge in [0.15, 0.2) is 5.78 Å². The zero-order chi connectivity index (χ0) is 17.7. The molecule has 0 fully saturated rings. The highest BCUT2D eigenvalue weighted by Crippen LogP contribution is 2.24. The average Bonchev–Trinajstić information content (AvgIpc) is 2.59. The van der Waals surface area contributed by atoms with Crippen molar-refractivity contribution in [3.8, 4) is 11.5 Å². The first-order valence-electron chi connectivity index (χ1n) is 7.19. The molecule has 0 radical (unpaired) electrons. The Bertz CT molecular complexity index is 846. The molecule has 0 atom stereocenters. The first-order chi connectivity index (χ1) is 11.4. The van der Waals surface area contributed by atoms with Crippen LogP contribution in [-0.4, -0.2) is 28.4 Å². The molecule has 2 aromatic carbocycles. The fourth-order valence-electron chi connectivity index (χ4n) is 2.16. The van der Waals surface area contributed by atoms with Gasteiger partial charge in [0.1, 0.15) is 11.5 Å². The Morgan fingerprint density at radius 2 is 1.83 bits per heavy atom. The van der Waals surface area contributed by atoms with Gasteiger partial charge in [-0.1, -0.05) is 12.1 Å². The van der Waals surface area contributed by atoms with Gasteiger partial charge in [-0.2, -0.15) is 0 Å². The van der Waals surface area contributed by atoms with Crippen molar-refractivity contribution in [3.63, 3.8) is 0 Å². The molecule has 24 heavy (non-hydrogen) atoms. The highest BCUT2D eigenvalue weighted by Gasteiger charge is 2.16. The Balaban J connectivity index is 2.25. The minimum atomic E-state index is -3.76. The quantitative estimate of drug-likeness (QED) is 0.776. The van der Waals surface area contributed by atoms with Crippen LogP contribution in [0.1, 0.15) is 22.8 Å². The first-order valence-corrected chi connectivity index (χ1v) is 8.67. The summed E-state index contributed by atoms with van der Waals surface area (Å²) in [4.78, 5) is 11.5.